The van der Waals surface area contributed by atoms with Crippen LogP contribution in [0.5, 0.6) is 5.75 Å². The number of carbonyl (C=O) groups is 2. The first-order valence-electron chi connectivity index (χ1n) is 7.36. The van der Waals surface area contributed by atoms with Gasteiger partial charge in [0.05, 0.1) is 12.8 Å². The van der Waals surface area contributed by atoms with E-state index >= 15 is 0 Å². The molecule has 3 aromatic carbocycles. The van der Waals surface area contributed by atoms with Crippen molar-refractivity contribution >= 4 is 39.9 Å². The molecule has 0 N–H and O–H groups in total. The molecule has 0 spiro atoms. The van der Waals surface area contributed by atoms with E-state index in [0.717, 1.165) is 0 Å². The molecule has 1 aliphatic rings. The van der Waals surface area contributed by atoms with Crippen LogP contribution in [0.1, 0.15) is 20.7 Å². The standard InChI is InChI=1S/C19H12ClNO3/c1-24-12-5-2-4-11(10-12)21-18(22)14-7-3-6-13-16(20)9-8-15(17(13)14)19(21)23/h2-10H,1H3. The van der Waals surface area contributed by atoms with Crippen molar-refractivity contribution < 1.29 is 14.3 Å². The summed E-state index contributed by atoms with van der Waals surface area (Å²) < 4.78 is 5.19. The number of hydrogen-bond acceptors (Lipinski definition) is 3. The lowest BCUT2D eigenvalue weighted by Crippen LogP contribution is -2.40. The molecule has 0 fully saturated rings. The molecular formula is C19H12ClNO3. The van der Waals surface area contributed by atoms with Gasteiger partial charge in [-0.1, -0.05) is 29.8 Å². The number of imide groups is 1. The summed E-state index contributed by atoms with van der Waals surface area (Å²) in [7, 11) is 1.54. The molecule has 0 aliphatic carbocycles. The molecule has 3 aromatic rings. The highest BCUT2D eigenvalue weighted by Gasteiger charge is 2.34. The number of ether oxygens (including phenoxy) is 1. The van der Waals surface area contributed by atoms with E-state index in [9.17, 15) is 9.59 Å². The first kappa shape index (κ1) is 14.7. The van der Waals surface area contributed by atoms with Gasteiger partial charge >= 0.3 is 0 Å². The number of rotatable bonds is 2. The Balaban J connectivity index is 1.97. The number of amides is 2. The average molecular weight is 338 g/mol. The van der Waals surface area contributed by atoms with Crippen molar-refractivity contribution in [3.05, 3.63) is 70.7 Å². The van der Waals surface area contributed by atoms with E-state index < -0.39 is 0 Å². The van der Waals surface area contributed by atoms with Crippen LogP contribution in [0.2, 0.25) is 5.02 Å². The molecule has 0 atom stereocenters. The summed E-state index contributed by atoms with van der Waals surface area (Å²) in [5.41, 5.74) is 1.40. The van der Waals surface area contributed by atoms with Gasteiger partial charge in [-0.15, -0.1) is 0 Å². The summed E-state index contributed by atoms with van der Waals surface area (Å²) in [6, 6.07) is 15.5. The number of hydrogen-bond donors (Lipinski definition) is 0. The van der Waals surface area contributed by atoms with Crippen molar-refractivity contribution in [1.82, 2.24) is 0 Å². The van der Waals surface area contributed by atoms with Gasteiger partial charge in [0.1, 0.15) is 5.75 Å². The molecular weight excluding hydrogens is 326 g/mol. The zero-order chi connectivity index (χ0) is 16.8. The highest BCUT2D eigenvalue weighted by Crippen LogP contribution is 2.36. The molecule has 0 saturated carbocycles. The maximum Gasteiger partial charge on any atom is 0.265 e. The smallest absolute Gasteiger partial charge is 0.265 e. The zero-order valence-electron chi connectivity index (χ0n) is 12.7. The van der Waals surface area contributed by atoms with Gasteiger partial charge in [-0.2, -0.15) is 0 Å². The van der Waals surface area contributed by atoms with Crippen LogP contribution in [0.4, 0.5) is 5.69 Å². The monoisotopic (exact) mass is 337 g/mol. The number of methoxy groups -OCH3 is 1. The third-order valence-corrected chi connectivity index (χ3v) is 4.50. The first-order chi connectivity index (χ1) is 11.6. The number of halogens is 1. The molecule has 118 valence electrons. The second kappa shape index (κ2) is 5.35. The summed E-state index contributed by atoms with van der Waals surface area (Å²) in [6.45, 7) is 0. The van der Waals surface area contributed by atoms with Gasteiger partial charge in [0.25, 0.3) is 11.8 Å². The molecule has 4 rings (SSSR count). The minimum absolute atomic E-state index is 0.367. The van der Waals surface area contributed by atoms with E-state index in [-0.39, 0.29) is 11.8 Å². The van der Waals surface area contributed by atoms with E-state index in [1.807, 2.05) is 6.07 Å². The Hall–Kier alpha value is -2.85. The summed E-state index contributed by atoms with van der Waals surface area (Å²) in [4.78, 5) is 27.1. The van der Waals surface area contributed by atoms with E-state index in [2.05, 4.69) is 0 Å². The van der Waals surface area contributed by atoms with Crippen LogP contribution in [0.15, 0.2) is 54.6 Å². The van der Waals surface area contributed by atoms with Crippen LogP contribution >= 0.6 is 11.6 Å². The maximum atomic E-state index is 12.9. The van der Waals surface area contributed by atoms with Crippen LogP contribution in [-0.4, -0.2) is 18.9 Å². The normalized spacial score (nSPS) is 13.5. The van der Waals surface area contributed by atoms with E-state index in [1.54, 1.807) is 48.5 Å². The van der Waals surface area contributed by atoms with Gasteiger partial charge in [0, 0.05) is 33.0 Å². The number of benzene rings is 3. The van der Waals surface area contributed by atoms with E-state index in [0.29, 0.717) is 38.4 Å². The predicted molar refractivity (Wildman–Crippen MR) is 93.1 cm³/mol. The average Bonchev–Trinajstić information content (AvgIpc) is 2.61. The van der Waals surface area contributed by atoms with Gasteiger partial charge in [-0.25, -0.2) is 4.90 Å². The van der Waals surface area contributed by atoms with Crippen molar-refractivity contribution in [2.45, 2.75) is 0 Å². The maximum absolute atomic E-state index is 12.9. The molecule has 0 radical (unpaired) electrons. The molecule has 1 aliphatic heterocycles. The van der Waals surface area contributed by atoms with Crippen molar-refractivity contribution in [2.75, 3.05) is 12.0 Å². The minimum atomic E-state index is -0.367. The van der Waals surface area contributed by atoms with Crippen molar-refractivity contribution in [2.24, 2.45) is 0 Å². The van der Waals surface area contributed by atoms with Gasteiger partial charge < -0.3 is 4.74 Å². The van der Waals surface area contributed by atoms with Crippen molar-refractivity contribution in [3.63, 3.8) is 0 Å². The molecule has 5 heteroatoms. The lowest BCUT2D eigenvalue weighted by Gasteiger charge is -2.27. The second-order valence-electron chi connectivity index (χ2n) is 5.47. The third-order valence-electron chi connectivity index (χ3n) is 4.17. The quantitative estimate of drug-likeness (QED) is 0.655. The molecule has 4 nitrogen and oxygen atoms in total. The fourth-order valence-electron chi connectivity index (χ4n) is 3.04. The Morgan fingerprint density at radius 3 is 2.38 bits per heavy atom. The lowest BCUT2D eigenvalue weighted by molar-refractivity contribution is 0.0893. The van der Waals surface area contributed by atoms with E-state index in [4.69, 9.17) is 16.3 Å². The van der Waals surface area contributed by atoms with Gasteiger partial charge in [-0.05, 0) is 30.3 Å². The summed E-state index contributed by atoms with van der Waals surface area (Å²) in [5, 5.41) is 1.84. The highest BCUT2D eigenvalue weighted by molar-refractivity contribution is 6.40. The molecule has 0 unspecified atom stereocenters. The Kier molecular flexibility index (Phi) is 3.28. The van der Waals surface area contributed by atoms with Gasteiger partial charge in [0.15, 0.2) is 0 Å². The van der Waals surface area contributed by atoms with Crippen LogP contribution < -0.4 is 9.64 Å². The number of anilines is 1. The van der Waals surface area contributed by atoms with E-state index in [1.165, 1.54) is 12.0 Å². The number of nitrogens with zero attached hydrogens (tertiary/aromatic N) is 1. The largest absolute Gasteiger partial charge is 0.497 e. The van der Waals surface area contributed by atoms with Crippen LogP contribution in [-0.2, 0) is 0 Å². The van der Waals surface area contributed by atoms with Crippen LogP contribution in [0.3, 0.4) is 0 Å². The minimum Gasteiger partial charge on any atom is -0.497 e. The summed E-state index contributed by atoms with van der Waals surface area (Å²) in [5.74, 6) is -0.157. The third kappa shape index (κ3) is 2.00. The molecule has 2 amide bonds. The van der Waals surface area contributed by atoms with Crippen LogP contribution in [0.25, 0.3) is 10.8 Å². The van der Waals surface area contributed by atoms with Gasteiger partial charge in [0.2, 0.25) is 0 Å². The molecule has 24 heavy (non-hydrogen) atoms. The lowest BCUT2D eigenvalue weighted by atomic mass is 9.93. The second-order valence-corrected chi connectivity index (χ2v) is 5.88. The highest BCUT2D eigenvalue weighted by atomic mass is 35.5. The Morgan fingerprint density at radius 2 is 1.62 bits per heavy atom. The molecule has 1 heterocycles. The summed E-state index contributed by atoms with van der Waals surface area (Å²) >= 11 is 6.22. The zero-order valence-corrected chi connectivity index (χ0v) is 13.5. The van der Waals surface area contributed by atoms with Gasteiger partial charge in [-0.3, -0.25) is 9.59 Å². The Labute approximate surface area is 143 Å². The predicted octanol–water partition coefficient (Wildman–Crippen LogP) is 4.30. The topological polar surface area (TPSA) is 46.6 Å². The molecule has 0 bridgehead atoms. The van der Waals surface area contributed by atoms with Crippen molar-refractivity contribution in [1.29, 1.82) is 0 Å². The molecule has 0 aromatic heterocycles. The summed E-state index contributed by atoms with van der Waals surface area (Å²) in [6.07, 6.45) is 0. The SMILES string of the molecule is COc1cccc(N2C(=O)c3cccc4c(Cl)ccc(c34)C2=O)c1. The Bertz CT molecular complexity index is 990. The fourth-order valence-corrected chi connectivity index (χ4v) is 3.27. The molecule has 0 saturated heterocycles. The van der Waals surface area contributed by atoms with Crippen molar-refractivity contribution in [3.8, 4) is 5.75 Å². The Morgan fingerprint density at radius 1 is 0.917 bits per heavy atom. The fraction of sp³-hybridized carbons (Fsp3) is 0.0526. The number of carbonyl (C=O) groups excluding carboxylic acids is 2. The first-order valence-corrected chi connectivity index (χ1v) is 7.73. The van der Waals surface area contributed by atoms with Crippen LogP contribution in [0, 0.1) is 0 Å².